The standard InChI is InChI=1S/C17H34N2/c1-13(2)9-15-12-19(14(3)11-18-15)16-7-6-8-17(4,5)10-16/h13-16,18H,6-12H2,1-5H3. The van der Waals surface area contributed by atoms with Gasteiger partial charge in [0.25, 0.3) is 0 Å². The van der Waals surface area contributed by atoms with Gasteiger partial charge in [-0.3, -0.25) is 4.90 Å². The van der Waals surface area contributed by atoms with Crippen LogP contribution >= 0.6 is 0 Å². The molecule has 3 unspecified atom stereocenters. The molecule has 2 rings (SSSR count). The van der Waals surface area contributed by atoms with Gasteiger partial charge in [-0.1, -0.05) is 34.1 Å². The summed E-state index contributed by atoms with van der Waals surface area (Å²) in [6, 6.07) is 2.25. The van der Waals surface area contributed by atoms with E-state index in [-0.39, 0.29) is 0 Å². The van der Waals surface area contributed by atoms with Gasteiger partial charge in [-0.15, -0.1) is 0 Å². The predicted molar refractivity (Wildman–Crippen MR) is 83.5 cm³/mol. The van der Waals surface area contributed by atoms with Crippen LogP contribution < -0.4 is 5.32 Å². The van der Waals surface area contributed by atoms with E-state index in [2.05, 4.69) is 44.8 Å². The van der Waals surface area contributed by atoms with Gasteiger partial charge < -0.3 is 5.32 Å². The third-order valence-corrected chi connectivity index (χ3v) is 5.10. The van der Waals surface area contributed by atoms with E-state index in [9.17, 15) is 0 Å². The molecule has 112 valence electrons. The molecule has 1 saturated heterocycles. The Morgan fingerprint density at radius 3 is 2.68 bits per heavy atom. The second-order valence-corrected chi connectivity index (χ2v) is 8.19. The SMILES string of the molecule is CC(C)CC1CN(C2CCCC(C)(C)C2)C(C)CN1. The van der Waals surface area contributed by atoms with Gasteiger partial charge in [0.15, 0.2) is 0 Å². The summed E-state index contributed by atoms with van der Waals surface area (Å²) in [5, 5.41) is 3.75. The average molecular weight is 266 g/mol. The first-order chi connectivity index (χ1) is 8.87. The molecule has 0 bridgehead atoms. The van der Waals surface area contributed by atoms with Crippen molar-refractivity contribution in [3.8, 4) is 0 Å². The lowest BCUT2D eigenvalue weighted by Gasteiger charge is -2.48. The van der Waals surface area contributed by atoms with Gasteiger partial charge in [0.05, 0.1) is 0 Å². The molecule has 2 fully saturated rings. The summed E-state index contributed by atoms with van der Waals surface area (Å²) in [6.07, 6.45) is 6.97. The first-order valence-electron chi connectivity index (χ1n) is 8.36. The van der Waals surface area contributed by atoms with Crippen molar-refractivity contribution >= 4 is 0 Å². The van der Waals surface area contributed by atoms with Crippen molar-refractivity contribution in [3.05, 3.63) is 0 Å². The molecule has 1 aliphatic heterocycles. The highest BCUT2D eigenvalue weighted by Gasteiger charge is 2.36. The molecular weight excluding hydrogens is 232 g/mol. The number of hydrogen-bond donors (Lipinski definition) is 1. The summed E-state index contributed by atoms with van der Waals surface area (Å²) in [5.41, 5.74) is 0.557. The van der Waals surface area contributed by atoms with E-state index in [0.717, 1.165) is 12.0 Å². The van der Waals surface area contributed by atoms with Crippen LogP contribution in [0.2, 0.25) is 0 Å². The third kappa shape index (κ3) is 4.19. The van der Waals surface area contributed by atoms with E-state index >= 15 is 0 Å². The number of nitrogens with zero attached hydrogens (tertiary/aromatic N) is 1. The van der Waals surface area contributed by atoms with E-state index in [1.807, 2.05) is 0 Å². The Labute approximate surface area is 120 Å². The van der Waals surface area contributed by atoms with E-state index in [4.69, 9.17) is 0 Å². The zero-order valence-corrected chi connectivity index (χ0v) is 13.7. The van der Waals surface area contributed by atoms with Crippen molar-refractivity contribution < 1.29 is 0 Å². The lowest BCUT2D eigenvalue weighted by molar-refractivity contribution is 0.0345. The van der Waals surface area contributed by atoms with Crippen LogP contribution in [0, 0.1) is 11.3 Å². The van der Waals surface area contributed by atoms with Crippen molar-refractivity contribution in [2.24, 2.45) is 11.3 Å². The average Bonchev–Trinajstić information content (AvgIpc) is 2.29. The zero-order chi connectivity index (χ0) is 14.0. The van der Waals surface area contributed by atoms with Crippen LogP contribution in [-0.2, 0) is 0 Å². The summed E-state index contributed by atoms with van der Waals surface area (Å²) >= 11 is 0. The van der Waals surface area contributed by atoms with E-state index in [1.54, 1.807) is 0 Å². The fourth-order valence-corrected chi connectivity index (χ4v) is 4.13. The molecule has 0 aromatic carbocycles. The predicted octanol–water partition coefficient (Wildman–Crippen LogP) is 3.66. The molecule has 1 N–H and O–H groups in total. The molecule has 0 amide bonds. The van der Waals surface area contributed by atoms with Gasteiger partial charge in [0.1, 0.15) is 0 Å². The fourth-order valence-electron chi connectivity index (χ4n) is 4.13. The minimum Gasteiger partial charge on any atom is -0.311 e. The van der Waals surface area contributed by atoms with Crippen molar-refractivity contribution in [1.82, 2.24) is 10.2 Å². The zero-order valence-electron chi connectivity index (χ0n) is 13.7. The van der Waals surface area contributed by atoms with Gasteiger partial charge in [0.2, 0.25) is 0 Å². The van der Waals surface area contributed by atoms with Crippen LogP contribution in [-0.4, -0.2) is 36.1 Å². The van der Waals surface area contributed by atoms with E-state index < -0.39 is 0 Å². The van der Waals surface area contributed by atoms with Crippen LogP contribution in [0.1, 0.15) is 66.7 Å². The second-order valence-electron chi connectivity index (χ2n) is 8.19. The Hall–Kier alpha value is -0.0800. The van der Waals surface area contributed by atoms with Gasteiger partial charge in [0, 0.05) is 31.2 Å². The Morgan fingerprint density at radius 2 is 2.05 bits per heavy atom. The minimum atomic E-state index is 0.557. The van der Waals surface area contributed by atoms with Crippen LogP contribution in [0.25, 0.3) is 0 Å². The van der Waals surface area contributed by atoms with Crippen LogP contribution in [0.15, 0.2) is 0 Å². The minimum absolute atomic E-state index is 0.557. The van der Waals surface area contributed by atoms with Crippen LogP contribution in [0.5, 0.6) is 0 Å². The first-order valence-corrected chi connectivity index (χ1v) is 8.36. The molecule has 0 aromatic rings. The fraction of sp³-hybridized carbons (Fsp3) is 1.00. The maximum atomic E-state index is 3.75. The van der Waals surface area contributed by atoms with E-state index in [0.29, 0.717) is 17.5 Å². The van der Waals surface area contributed by atoms with Gasteiger partial charge in [-0.25, -0.2) is 0 Å². The Bertz CT molecular complexity index is 285. The molecule has 1 heterocycles. The number of piperazine rings is 1. The monoisotopic (exact) mass is 266 g/mol. The molecule has 2 heteroatoms. The normalized spacial score (nSPS) is 36.6. The molecule has 0 spiro atoms. The molecule has 3 atom stereocenters. The summed E-state index contributed by atoms with van der Waals surface area (Å²) in [4.78, 5) is 2.82. The highest BCUT2D eigenvalue weighted by Crippen LogP contribution is 2.38. The Kier molecular flexibility index (Phi) is 4.94. The number of hydrogen-bond acceptors (Lipinski definition) is 2. The highest BCUT2D eigenvalue weighted by atomic mass is 15.3. The quantitative estimate of drug-likeness (QED) is 0.838. The van der Waals surface area contributed by atoms with Gasteiger partial charge in [-0.05, 0) is 43.9 Å². The molecule has 1 saturated carbocycles. The third-order valence-electron chi connectivity index (χ3n) is 5.10. The maximum Gasteiger partial charge on any atom is 0.0198 e. The van der Waals surface area contributed by atoms with Crippen molar-refractivity contribution in [3.63, 3.8) is 0 Å². The van der Waals surface area contributed by atoms with Crippen molar-refractivity contribution in [2.45, 2.75) is 84.8 Å². The summed E-state index contributed by atoms with van der Waals surface area (Å²) in [5.74, 6) is 0.801. The molecule has 0 radical (unpaired) electrons. The lowest BCUT2D eigenvalue weighted by Crippen LogP contribution is -2.59. The summed E-state index contributed by atoms with van der Waals surface area (Å²) in [7, 11) is 0. The van der Waals surface area contributed by atoms with Gasteiger partial charge in [-0.2, -0.15) is 0 Å². The smallest absolute Gasteiger partial charge is 0.0198 e. The summed E-state index contributed by atoms with van der Waals surface area (Å²) < 4.78 is 0. The molecule has 2 nitrogen and oxygen atoms in total. The van der Waals surface area contributed by atoms with E-state index in [1.165, 1.54) is 45.2 Å². The largest absolute Gasteiger partial charge is 0.311 e. The molecule has 1 aliphatic carbocycles. The van der Waals surface area contributed by atoms with Gasteiger partial charge >= 0.3 is 0 Å². The van der Waals surface area contributed by atoms with Crippen molar-refractivity contribution in [1.29, 1.82) is 0 Å². The number of rotatable bonds is 3. The molecule has 19 heavy (non-hydrogen) atoms. The lowest BCUT2D eigenvalue weighted by atomic mass is 9.74. The van der Waals surface area contributed by atoms with Crippen LogP contribution in [0.3, 0.4) is 0 Å². The second kappa shape index (κ2) is 6.13. The highest BCUT2D eigenvalue weighted by molar-refractivity contribution is 4.92. The molecule has 0 aromatic heterocycles. The topological polar surface area (TPSA) is 15.3 Å². The Morgan fingerprint density at radius 1 is 1.32 bits per heavy atom. The molecular formula is C17H34N2. The van der Waals surface area contributed by atoms with Crippen LogP contribution in [0.4, 0.5) is 0 Å². The maximum absolute atomic E-state index is 3.75. The molecule has 2 aliphatic rings. The number of nitrogens with one attached hydrogen (secondary N) is 1. The Balaban J connectivity index is 1.96. The first kappa shape index (κ1) is 15.3. The van der Waals surface area contributed by atoms with Crippen molar-refractivity contribution in [2.75, 3.05) is 13.1 Å². The summed E-state index contributed by atoms with van der Waals surface area (Å²) in [6.45, 7) is 14.4.